The highest BCUT2D eigenvalue weighted by Gasteiger charge is 2.45. The predicted octanol–water partition coefficient (Wildman–Crippen LogP) is 1.34. The van der Waals surface area contributed by atoms with E-state index in [9.17, 15) is 9.90 Å². The van der Waals surface area contributed by atoms with E-state index in [4.69, 9.17) is 0 Å². The lowest BCUT2D eigenvalue weighted by atomic mass is 9.85. The van der Waals surface area contributed by atoms with Gasteiger partial charge in [-0.25, -0.2) is 0 Å². The number of carboxylic acids is 1. The van der Waals surface area contributed by atoms with Crippen molar-refractivity contribution in [3.05, 3.63) is 11.6 Å². The van der Waals surface area contributed by atoms with Crippen molar-refractivity contribution in [1.29, 1.82) is 0 Å². The number of aryl methyl sites for hydroxylation is 1. The van der Waals surface area contributed by atoms with E-state index in [1.165, 1.54) is 19.3 Å². The van der Waals surface area contributed by atoms with Gasteiger partial charge in [0.05, 0.1) is 6.54 Å². The van der Waals surface area contributed by atoms with Crippen molar-refractivity contribution in [2.75, 3.05) is 0 Å². The summed E-state index contributed by atoms with van der Waals surface area (Å²) in [5.41, 5.74) is 0. The van der Waals surface area contributed by atoms with Crippen molar-refractivity contribution in [3.63, 3.8) is 0 Å². The van der Waals surface area contributed by atoms with Crippen LogP contribution in [0.25, 0.3) is 0 Å². The van der Waals surface area contributed by atoms with Gasteiger partial charge in [-0.15, -0.1) is 10.2 Å². The zero-order chi connectivity index (χ0) is 14.3. The molecule has 0 amide bonds. The van der Waals surface area contributed by atoms with Crippen molar-refractivity contribution in [2.24, 2.45) is 13.0 Å². The van der Waals surface area contributed by atoms with Crippen molar-refractivity contribution in [2.45, 2.75) is 57.7 Å². The van der Waals surface area contributed by atoms with Crippen LogP contribution in [0.5, 0.6) is 0 Å². The molecule has 1 saturated heterocycles. The van der Waals surface area contributed by atoms with Crippen LogP contribution in [0.1, 0.15) is 43.8 Å². The van der Waals surface area contributed by atoms with Gasteiger partial charge in [0.15, 0.2) is 0 Å². The number of fused-ring (bicyclic) bond motifs is 1. The fourth-order valence-electron chi connectivity index (χ4n) is 3.78. The van der Waals surface area contributed by atoms with E-state index in [2.05, 4.69) is 15.1 Å². The zero-order valence-electron chi connectivity index (χ0n) is 12.1. The van der Waals surface area contributed by atoms with Crippen LogP contribution in [0.4, 0.5) is 0 Å². The van der Waals surface area contributed by atoms with Crippen molar-refractivity contribution >= 4 is 5.97 Å². The number of aliphatic carboxylic acids is 1. The molecule has 1 N–H and O–H groups in total. The summed E-state index contributed by atoms with van der Waals surface area (Å²) in [6.45, 7) is 2.51. The van der Waals surface area contributed by atoms with E-state index in [0.29, 0.717) is 18.5 Å². The maximum Gasteiger partial charge on any atom is 0.320 e. The van der Waals surface area contributed by atoms with Gasteiger partial charge in [-0.05, 0) is 32.1 Å². The topological polar surface area (TPSA) is 71.2 Å². The molecule has 0 bridgehead atoms. The number of aromatic nitrogens is 3. The molecule has 3 atom stereocenters. The zero-order valence-corrected chi connectivity index (χ0v) is 12.1. The minimum atomic E-state index is -0.696. The van der Waals surface area contributed by atoms with Gasteiger partial charge >= 0.3 is 5.97 Å². The molecule has 110 valence electrons. The Morgan fingerprint density at radius 1 is 1.35 bits per heavy atom. The van der Waals surface area contributed by atoms with E-state index in [1.807, 2.05) is 18.5 Å². The van der Waals surface area contributed by atoms with Crippen molar-refractivity contribution in [1.82, 2.24) is 19.7 Å². The van der Waals surface area contributed by atoms with Gasteiger partial charge in [0.25, 0.3) is 0 Å². The Hall–Kier alpha value is -1.43. The van der Waals surface area contributed by atoms with Crippen LogP contribution >= 0.6 is 0 Å². The first-order valence-electron chi connectivity index (χ1n) is 7.41. The van der Waals surface area contributed by atoms with Gasteiger partial charge in [0, 0.05) is 13.1 Å². The van der Waals surface area contributed by atoms with Gasteiger partial charge in [-0.1, -0.05) is 12.8 Å². The fourth-order valence-corrected chi connectivity index (χ4v) is 3.78. The van der Waals surface area contributed by atoms with E-state index in [1.54, 1.807) is 0 Å². The highest BCUT2D eigenvalue weighted by atomic mass is 16.4. The van der Waals surface area contributed by atoms with Crippen LogP contribution in [0.2, 0.25) is 0 Å². The minimum absolute atomic E-state index is 0.361. The molecule has 3 unspecified atom stereocenters. The molecule has 6 heteroatoms. The number of likely N-dealkylation sites (tertiary alicyclic amines) is 1. The summed E-state index contributed by atoms with van der Waals surface area (Å²) >= 11 is 0. The summed E-state index contributed by atoms with van der Waals surface area (Å²) in [4.78, 5) is 13.7. The summed E-state index contributed by atoms with van der Waals surface area (Å²) in [7, 11) is 1.94. The second-order valence-electron chi connectivity index (χ2n) is 6.10. The van der Waals surface area contributed by atoms with Gasteiger partial charge in [0.1, 0.15) is 17.7 Å². The van der Waals surface area contributed by atoms with Gasteiger partial charge in [0.2, 0.25) is 0 Å². The summed E-state index contributed by atoms with van der Waals surface area (Å²) in [6.07, 6.45) is 5.52. The van der Waals surface area contributed by atoms with Gasteiger partial charge < -0.3 is 9.67 Å². The van der Waals surface area contributed by atoms with Gasteiger partial charge in [-0.2, -0.15) is 0 Å². The smallest absolute Gasteiger partial charge is 0.320 e. The van der Waals surface area contributed by atoms with Crippen LogP contribution in [-0.4, -0.2) is 42.8 Å². The molecule has 1 aliphatic heterocycles. The monoisotopic (exact) mass is 278 g/mol. The fraction of sp³-hybridized carbons (Fsp3) is 0.786. The lowest BCUT2D eigenvalue weighted by Crippen LogP contribution is -2.42. The van der Waals surface area contributed by atoms with Crippen LogP contribution in [0.15, 0.2) is 0 Å². The highest BCUT2D eigenvalue weighted by Crippen LogP contribution is 2.40. The van der Waals surface area contributed by atoms with Crippen LogP contribution in [0, 0.1) is 12.8 Å². The highest BCUT2D eigenvalue weighted by molar-refractivity contribution is 5.74. The first-order chi connectivity index (χ1) is 9.58. The molecule has 0 spiro atoms. The molecule has 3 rings (SSSR count). The summed E-state index contributed by atoms with van der Waals surface area (Å²) in [6, 6.07) is 0.0435. The third-order valence-corrected chi connectivity index (χ3v) is 5.01. The summed E-state index contributed by atoms with van der Waals surface area (Å²) in [5.74, 6) is 1.57. The quantitative estimate of drug-likeness (QED) is 0.903. The van der Waals surface area contributed by atoms with Crippen molar-refractivity contribution in [3.8, 4) is 0 Å². The molecular weight excluding hydrogens is 256 g/mol. The molecule has 1 saturated carbocycles. The average Bonchev–Trinajstić information content (AvgIpc) is 2.95. The molecule has 1 aromatic heterocycles. The molecule has 20 heavy (non-hydrogen) atoms. The Kier molecular flexibility index (Phi) is 3.50. The Morgan fingerprint density at radius 3 is 2.75 bits per heavy atom. The molecular formula is C14H22N4O2. The molecule has 2 aliphatic rings. The van der Waals surface area contributed by atoms with Crippen LogP contribution in [0.3, 0.4) is 0 Å². The number of carbonyl (C=O) groups is 1. The number of rotatable bonds is 3. The minimum Gasteiger partial charge on any atom is -0.480 e. The van der Waals surface area contributed by atoms with Crippen molar-refractivity contribution < 1.29 is 9.90 Å². The predicted molar refractivity (Wildman–Crippen MR) is 73.1 cm³/mol. The second-order valence-corrected chi connectivity index (χ2v) is 6.10. The maximum absolute atomic E-state index is 11.6. The largest absolute Gasteiger partial charge is 0.480 e. The molecule has 0 radical (unpaired) electrons. The van der Waals surface area contributed by atoms with Crippen LogP contribution < -0.4 is 0 Å². The SMILES string of the molecule is Cc1nnc(CN2C(C(=O)O)CC3CCCCC32)n1C. The average molecular weight is 278 g/mol. The number of nitrogens with zero attached hydrogens (tertiary/aromatic N) is 4. The van der Waals surface area contributed by atoms with E-state index in [0.717, 1.165) is 24.5 Å². The molecule has 1 aromatic rings. The number of carboxylic acid groups (broad SMARTS) is 1. The van der Waals surface area contributed by atoms with Crippen LogP contribution in [-0.2, 0) is 18.4 Å². The Bertz CT molecular complexity index is 513. The molecule has 2 heterocycles. The standard InChI is InChI=1S/C14H22N4O2/c1-9-15-16-13(17(9)2)8-18-11-6-4-3-5-10(11)7-12(18)14(19)20/h10-12H,3-8H2,1-2H3,(H,19,20). The van der Waals surface area contributed by atoms with Gasteiger partial charge in [-0.3, -0.25) is 9.69 Å². The second kappa shape index (κ2) is 5.16. The van der Waals surface area contributed by atoms with E-state index in [-0.39, 0.29) is 6.04 Å². The Labute approximate surface area is 118 Å². The maximum atomic E-state index is 11.6. The van der Waals surface area contributed by atoms with E-state index < -0.39 is 5.97 Å². The van der Waals surface area contributed by atoms with E-state index >= 15 is 0 Å². The lowest BCUT2D eigenvalue weighted by molar-refractivity contribution is -0.143. The Balaban J connectivity index is 1.84. The third kappa shape index (κ3) is 2.22. The molecule has 1 aliphatic carbocycles. The Morgan fingerprint density at radius 2 is 2.10 bits per heavy atom. The summed E-state index contributed by atoms with van der Waals surface area (Å²) < 4.78 is 1.95. The number of hydrogen-bond donors (Lipinski definition) is 1. The normalized spacial score (nSPS) is 30.4. The molecule has 2 fully saturated rings. The molecule has 0 aromatic carbocycles. The first kappa shape index (κ1) is 13.5. The first-order valence-corrected chi connectivity index (χ1v) is 7.41. The third-order valence-electron chi connectivity index (χ3n) is 5.01. The summed E-state index contributed by atoms with van der Waals surface area (Å²) in [5, 5.41) is 17.8. The molecule has 6 nitrogen and oxygen atoms in total. The lowest BCUT2D eigenvalue weighted by Gasteiger charge is -2.32. The number of hydrogen-bond acceptors (Lipinski definition) is 4.